The van der Waals surface area contributed by atoms with Gasteiger partial charge in [-0.1, -0.05) is 12.1 Å². The van der Waals surface area contributed by atoms with E-state index < -0.39 is 0 Å². The molecular formula is C9H9N3. The van der Waals surface area contributed by atoms with Crippen molar-refractivity contribution in [1.29, 1.82) is 0 Å². The van der Waals surface area contributed by atoms with Gasteiger partial charge in [-0.3, -0.25) is 0 Å². The van der Waals surface area contributed by atoms with Gasteiger partial charge in [0.1, 0.15) is 11.6 Å². The Labute approximate surface area is 70.3 Å². The van der Waals surface area contributed by atoms with E-state index in [9.17, 15) is 0 Å². The van der Waals surface area contributed by atoms with E-state index in [1.165, 1.54) is 0 Å². The van der Waals surface area contributed by atoms with Gasteiger partial charge < -0.3 is 5.73 Å². The number of anilines is 1. The molecule has 1 aromatic carbocycles. The van der Waals surface area contributed by atoms with Crippen LogP contribution in [0.2, 0.25) is 0 Å². The maximum Gasteiger partial charge on any atom is 0.135 e. The molecule has 0 aliphatic heterocycles. The summed E-state index contributed by atoms with van der Waals surface area (Å²) < 4.78 is 0. The predicted molar refractivity (Wildman–Crippen MR) is 48.7 cm³/mol. The van der Waals surface area contributed by atoms with Crippen molar-refractivity contribution in [3.8, 4) is 0 Å². The fourth-order valence-corrected chi connectivity index (χ4v) is 1.22. The summed E-state index contributed by atoms with van der Waals surface area (Å²) in [7, 11) is 0. The van der Waals surface area contributed by atoms with Crippen LogP contribution in [-0.2, 0) is 0 Å². The fourth-order valence-electron chi connectivity index (χ4n) is 1.22. The summed E-state index contributed by atoms with van der Waals surface area (Å²) in [5, 5.41) is 0.920. The topological polar surface area (TPSA) is 51.8 Å². The highest BCUT2D eigenvalue weighted by molar-refractivity contribution is 5.87. The Morgan fingerprint density at radius 1 is 1.17 bits per heavy atom. The van der Waals surface area contributed by atoms with Crippen LogP contribution in [0.1, 0.15) is 5.82 Å². The van der Waals surface area contributed by atoms with Crippen molar-refractivity contribution in [1.82, 2.24) is 9.97 Å². The van der Waals surface area contributed by atoms with Crippen LogP contribution in [0.3, 0.4) is 0 Å². The lowest BCUT2D eigenvalue weighted by Crippen LogP contribution is -1.96. The average molecular weight is 159 g/mol. The Balaban J connectivity index is 2.89. The highest BCUT2D eigenvalue weighted by Gasteiger charge is 1.99. The van der Waals surface area contributed by atoms with Crippen LogP contribution in [-0.4, -0.2) is 9.97 Å². The maximum atomic E-state index is 5.71. The van der Waals surface area contributed by atoms with Crippen molar-refractivity contribution in [3.63, 3.8) is 0 Å². The number of nitrogen functional groups attached to an aromatic ring is 1. The van der Waals surface area contributed by atoms with E-state index in [4.69, 9.17) is 5.73 Å². The molecule has 3 heteroatoms. The second-order valence-electron chi connectivity index (χ2n) is 2.67. The lowest BCUT2D eigenvalue weighted by Gasteiger charge is -2.00. The molecule has 0 bridgehead atoms. The minimum absolute atomic E-state index is 0.554. The number of para-hydroxylation sites is 1. The zero-order valence-corrected chi connectivity index (χ0v) is 6.78. The number of aromatic nitrogens is 2. The summed E-state index contributed by atoms with van der Waals surface area (Å²) in [5.41, 5.74) is 6.61. The Morgan fingerprint density at radius 2 is 1.92 bits per heavy atom. The molecule has 0 radical (unpaired) electrons. The largest absolute Gasteiger partial charge is 0.383 e. The summed E-state index contributed by atoms with van der Waals surface area (Å²) in [6.07, 6.45) is 0. The Hall–Kier alpha value is -1.64. The number of aryl methyl sites for hydroxylation is 1. The van der Waals surface area contributed by atoms with Gasteiger partial charge in [-0.15, -0.1) is 0 Å². The second kappa shape index (κ2) is 2.44. The minimum Gasteiger partial charge on any atom is -0.383 e. The Morgan fingerprint density at radius 3 is 2.75 bits per heavy atom. The van der Waals surface area contributed by atoms with Gasteiger partial charge in [0.2, 0.25) is 0 Å². The molecule has 3 nitrogen and oxygen atoms in total. The van der Waals surface area contributed by atoms with Gasteiger partial charge in [-0.2, -0.15) is 0 Å². The molecule has 0 saturated carbocycles. The number of nitrogens with two attached hydrogens (primary N) is 1. The monoisotopic (exact) mass is 159 g/mol. The highest BCUT2D eigenvalue weighted by atomic mass is 14.9. The van der Waals surface area contributed by atoms with Crippen LogP contribution in [0.25, 0.3) is 10.9 Å². The van der Waals surface area contributed by atoms with Crippen LogP contribution < -0.4 is 5.73 Å². The lowest BCUT2D eigenvalue weighted by atomic mass is 10.2. The molecule has 1 aromatic heterocycles. The summed E-state index contributed by atoms with van der Waals surface area (Å²) in [5.74, 6) is 1.27. The Kier molecular flexibility index (Phi) is 1.43. The van der Waals surface area contributed by atoms with E-state index in [2.05, 4.69) is 9.97 Å². The number of fused-ring (bicyclic) bond motifs is 1. The fraction of sp³-hybridized carbons (Fsp3) is 0.111. The van der Waals surface area contributed by atoms with Crippen molar-refractivity contribution in [2.24, 2.45) is 0 Å². The van der Waals surface area contributed by atoms with Gasteiger partial charge in [-0.25, -0.2) is 9.97 Å². The third-order valence-corrected chi connectivity index (χ3v) is 1.74. The first-order chi connectivity index (χ1) is 5.77. The zero-order chi connectivity index (χ0) is 8.55. The molecule has 2 aromatic rings. The van der Waals surface area contributed by atoms with E-state index in [0.717, 1.165) is 10.9 Å². The summed E-state index contributed by atoms with van der Waals surface area (Å²) in [6.45, 7) is 1.84. The predicted octanol–water partition coefficient (Wildman–Crippen LogP) is 1.52. The van der Waals surface area contributed by atoms with Crippen LogP contribution in [0.4, 0.5) is 5.82 Å². The molecule has 0 unspecified atom stereocenters. The average Bonchev–Trinajstić information content (AvgIpc) is 2.04. The molecule has 0 amide bonds. The molecule has 0 saturated heterocycles. The number of nitrogens with zero attached hydrogens (tertiary/aromatic N) is 2. The quantitative estimate of drug-likeness (QED) is 0.634. The van der Waals surface area contributed by atoms with Crippen molar-refractivity contribution in [2.75, 3.05) is 5.73 Å². The highest BCUT2D eigenvalue weighted by Crippen LogP contribution is 2.16. The SMILES string of the molecule is Cc1nc(N)c2ccccc2n1. The second-order valence-corrected chi connectivity index (χ2v) is 2.67. The smallest absolute Gasteiger partial charge is 0.135 e. The van der Waals surface area contributed by atoms with Crippen molar-refractivity contribution >= 4 is 16.7 Å². The molecule has 0 spiro atoms. The molecule has 0 atom stereocenters. The van der Waals surface area contributed by atoms with Gasteiger partial charge in [0.05, 0.1) is 5.52 Å². The first kappa shape index (κ1) is 7.03. The van der Waals surface area contributed by atoms with E-state index >= 15 is 0 Å². The van der Waals surface area contributed by atoms with Crippen molar-refractivity contribution in [3.05, 3.63) is 30.1 Å². The molecule has 12 heavy (non-hydrogen) atoms. The molecule has 0 fully saturated rings. The third kappa shape index (κ3) is 0.993. The molecule has 2 N–H and O–H groups in total. The number of benzene rings is 1. The van der Waals surface area contributed by atoms with E-state index in [0.29, 0.717) is 11.6 Å². The maximum absolute atomic E-state index is 5.71. The Bertz CT molecular complexity index is 423. The number of hydrogen-bond donors (Lipinski definition) is 1. The summed E-state index contributed by atoms with van der Waals surface area (Å²) in [6, 6.07) is 7.72. The van der Waals surface area contributed by atoms with E-state index in [1.54, 1.807) is 0 Å². The van der Waals surface area contributed by atoms with Crippen molar-refractivity contribution in [2.45, 2.75) is 6.92 Å². The third-order valence-electron chi connectivity index (χ3n) is 1.74. The van der Waals surface area contributed by atoms with Gasteiger partial charge >= 0.3 is 0 Å². The molecule has 1 heterocycles. The van der Waals surface area contributed by atoms with Gasteiger partial charge in [0, 0.05) is 5.39 Å². The molecule has 0 aliphatic rings. The van der Waals surface area contributed by atoms with Gasteiger partial charge in [-0.05, 0) is 19.1 Å². The standard InChI is InChI=1S/C9H9N3/c1-6-11-8-5-3-2-4-7(8)9(10)12-6/h2-5H,1H3,(H2,10,11,12). The van der Waals surface area contributed by atoms with Crippen LogP contribution in [0.5, 0.6) is 0 Å². The van der Waals surface area contributed by atoms with Crippen LogP contribution in [0, 0.1) is 6.92 Å². The molecular weight excluding hydrogens is 150 g/mol. The molecule has 0 aliphatic carbocycles. The number of hydrogen-bond acceptors (Lipinski definition) is 3. The first-order valence-corrected chi connectivity index (χ1v) is 3.76. The van der Waals surface area contributed by atoms with Crippen molar-refractivity contribution < 1.29 is 0 Å². The molecule has 60 valence electrons. The first-order valence-electron chi connectivity index (χ1n) is 3.76. The number of rotatable bonds is 0. The van der Waals surface area contributed by atoms with Crippen LogP contribution in [0.15, 0.2) is 24.3 Å². The van der Waals surface area contributed by atoms with E-state index in [1.807, 2.05) is 31.2 Å². The van der Waals surface area contributed by atoms with Crippen LogP contribution >= 0.6 is 0 Å². The van der Waals surface area contributed by atoms with E-state index in [-0.39, 0.29) is 0 Å². The molecule has 2 rings (SSSR count). The lowest BCUT2D eigenvalue weighted by molar-refractivity contribution is 1.10. The summed E-state index contributed by atoms with van der Waals surface area (Å²) >= 11 is 0. The summed E-state index contributed by atoms with van der Waals surface area (Å²) in [4.78, 5) is 8.31. The minimum atomic E-state index is 0.554. The zero-order valence-electron chi connectivity index (χ0n) is 6.78. The normalized spacial score (nSPS) is 10.4. The van der Waals surface area contributed by atoms with Gasteiger partial charge in [0.15, 0.2) is 0 Å². The van der Waals surface area contributed by atoms with Gasteiger partial charge in [0.25, 0.3) is 0 Å².